The van der Waals surface area contributed by atoms with Crippen LogP contribution >= 0.6 is 11.8 Å². The van der Waals surface area contributed by atoms with E-state index in [2.05, 4.69) is 41.3 Å². The quantitative estimate of drug-likeness (QED) is 0.847. The van der Waals surface area contributed by atoms with E-state index < -0.39 is 0 Å². The van der Waals surface area contributed by atoms with Crippen LogP contribution in [0.1, 0.15) is 19.3 Å². The van der Waals surface area contributed by atoms with E-state index in [4.69, 9.17) is 4.98 Å². The fourth-order valence-corrected chi connectivity index (χ4v) is 4.22. The predicted octanol–water partition coefficient (Wildman–Crippen LogP) is 2.09. The van der Waals surface area contributed by atoms with Crippen molar-refractivity contribution in [1.82, 2.24) is 9.88 Å². The number of nitrogens with zero attached hydrogens (tertiary/aromatic N) is 3. The molecule has 0 radical (unpaired) electrons. The number of pyridine rings is 1. The van der Waals surface area contributed by atoms with Crippen LogP contribution in [0.4, 0.5) is 5.82 Å². The molecule has 2 aliphatic heterocycles. The van der Waals surface area contributed by atoms with Crippen molar-refractivity contribution in [3.63, 3.8) is 0 Å². The van der Waals surface area contributed by atoms with Gasteiger partial charge in [-0.2, -0.15) is 0 Å². The molecule has 0 aliphatic carbocycles. The largest absolute Gasteiger partial charge is 0.392 e. The van der Waals surface area contributed by atoms with E-state index in [0.29, 0.717) is 0 Å². The summed E-state index contributed by atoms with van der Waals surface area (Å²) in [7, 11) is 2.17. The number of anilines is 1. The number of thioether (sulfide) groups is 1. The minimum absolute atomic E-state index is 0.0162. The summed E-state index contributed by atoms with van der Waals surface area (Å²) in [6, 6.07) is 6.23. The molecular formula is C16H25N3OS. The standard InChI is InChI=1S/C16H25N3OS/c1-18-10-7-13(20)16(11-18)8-4-9-19(12-16)14-5-3-6-15(17-14)21-2/h3,5-6,13,20H,4,7-12H2,1-2H3/t13-,16-/m0/s1. The fraction of sp³-hybridized carbons (Fsp3) is 0.688. The lowest BCUT2D eigenvalue weighted by Crippen LogP contribution is -2.58. The lowest BCUT2D eigenvalue weighted by atomic mass is 9.71. The Bertz CT molecular complexity index is 498. The molecule has 21 heavy (non-hydrogen) atoms. The van der Waals surface area contributed by atoms with E-state index in [1.54, 1.807) is 11.8 Å². The summed E-state index contributed by atoms with van der Waals surface area (Å²) < 4.78 is 0. The first-order valence-electron chi connectivity index (χ1n) is 7.76. The van der Waals surface area contributed by atoms with Crippen LogP contribution < -0.4 is 4.90 Å². The molecule has 1 aromatic rings. The van der Waals surface area contributed by atoms with Crippen LogP contribution in [0.3, 0.4) is 0 Å². The van der Waals surface area contributed by atoms with Gasteiger partial charge in [-0.05, 0) is 44.7 Å². The lowest BCUT2D eigenvalue weighted by Gasteiger charge is -2.50. The molecule has 2 aliphatic rings. The average Bonchev–Trinajstić information content (AvgIpc) is 2.51. The van der Waals surface area contributed by atoms with Crippen LogP contribution in [-0.2, 0) is 0 Å². The molecular weight excluding hydrogens is 282 g/mol. The second-order valence-corrected chi connectivity index (χ2v) is 7.29. The number of aliphatic hydroxyl groups is 1. The number of hydrogen-bond donors (Lipinski definition) is 1. The highest BCUT2D eigenvalue weighted by Crippen LogP contribution is 2.39. The third-order valence-corrected chi connectivity index (χ3v) is 5.57. The molecule has 2 saturated heterocycles. The van der Waals surface area contributed by atoms with Crippen molar-refractivity contribution >= 4 is 17.6 Å². The maximum Gasteiger partial charge on any atom is 0.129 e. The van der Waals surface area contributed by atoms with E-state index in [1.807, 2.05) is 0 Å². The van der Waals surface area contributed by atoms with E-state index in [1.165, 1.54) is 0 Å². The highest BCUT2D eigenvalue weighted by atomic mass is 32.2. The van der Waals surface area contributed by atoms with Crippen LogP contribution in [0, 0.1) is 5.41 Å². The number of aliphatic hydroxyl groups excluding tert-OH is 1. The van der Waals surface area contributed by atoms with Crippen LogP contribution in [0.2, 0.25) is 0 Å². The third-order valence-electron chi connectivity index (χ3n) is 4.93. The molecule has 116 valence electrons. The predicted molar refractivity (Wildman–Crippen MR) is 88.0 cm³/mol. The van der Waals surface area contributed by atoms with E-state index >= 15 is 0 Å². The van der Waals surface area contributed by atoms with Gasteiger partial charge in [0.05, 0.1) is 11.1 Å². The molecule has 3 heterocycles. The average molecular weight is 307 g/mol. The molecule has 0 unspecified atom stereocenters. The molecule has 0 saturated carbocycles. The maximum absolute atomic E-state index is 10.6. The van der Waals surface area contributed by atoms with Crippen molar-refractivity contribution in [3.8, 4) is 0 Å². The third kappa shape index (κ3) is 3.05. The molecule has 1 spiro atoms. The minimum atomic E-state index is -0.180. The molecule has 2 fully saturated rings. The molecule has 0 bridgehead atoms. The Morgan fingerprint density at radius 2 is 2.19 bits per heavy atom. The van der Waals surface area contributed by atoms with Gasteiger partial charge >= 0.3 is 0 Å². The summed E-state index contributed by atoms with van der Waals surface area (Å²) in [5.41, 5.74) is 0.0162. The van der Waals surface area contributed by atoms with Gasteiger partial charge < -0.3 is 14.9 Å². The molecule has 3 rings (SSSR count). The summed E-state index contributed by atoms with van der Waals surface area (Å²) >= 11 is 1.68. The van der Waals surface area contributed by atoms with Crippen LogP contribution in [-0.4, -0.2) is 60.6 Å². The number of likely N-dealkylation sites (tertiary alicyclic amines) is 1. The molecule has 1 N–H and O–H groups in total. The topological polar surface area (TPSA) is 39.6 Å². The molecule has 0 aromatic carbocycles. The lowest BCUT2D eigenvalue weighted by molar-refractivity contribution is -0.0466. The van der Waals surface area contributed by atoms with Gasteiger partial charge in [0.25, 0.3) is 0 Å². The molecule has 1 aromatic heterocycles. The highest BCUT2D eigenvalue weighted by Gasteiger charge is 2.44. The zero-order valence-electron chi connectivity index (χ0n) is 13.0. The second-order valence-electron chi connectivity index (χ2n) is 6.47. The van der Waals surface area contributed by atoms with Crippen molar-refractivity contribution < 1.29 is 5.11 Å². The first kappa shape index (κ1) is 15.1. The smallest absolute Gasteiger partial charge is 0.129 e. The van der Waals surface area contributed by atoms with Crippen molar-refractivity contribution in [2.24, 2.45) is 5.41 Å². The molecule has 4 nitrogen and oxygen atoms in total. The van der Waals surface area contributed by atoms with Crippen LogP contribution in [0.5, 0.6) is 0 Å². The van der Waals surface area contributed by atoms with Crippen molar-refractivity contribution in [3.05, 3.63) is 18.2 Å². The highest BCUT2D eigenvalue weighted by molar-refractivity contribution is 7.98. The van der Waals surface area contributed by atoms with Gasteiger partial charge in [0.2, 0.25) is 0 Å². The molecule has 0 amide bonds. The van der Waals surface area contributed by atoms with Gasteiger partial charge in [0.1, 0.15) is 5.82 Å². The van der Waals surface area contributed by atoms with Gasteiger partial charge in [-0.25, -0.2) is 4.98 Å². The monoisotopic (exact) mass is 307 g/mol. The molecule has 2 atom stereocenters. The van der Waals surface area contributed by atoms with Crippen molar-refractivity contribution in [1.29, 1.82) is 0 Å². The Morgan fingerprint density at radius 3 is 3.00 bits per heavy atom. The van der Waals surface area contributed by atoms with Gasteiger partial charge in [-0.1, -0.05) is 6.07 Å². The van der Waals surface area contributed by atoms with Gasteiger partial charge in [-0.15, -0.1) is 11.8 Å². The normalized spacial score (nSPS) is 30.8. The Morgan fingerprint density at radius 1 is 1.33 bits per heavy atom. The summed E-state index contributed by atoms with van der Waals surface area (Å²) in [6.07, 6.45) is 5.03. The van der Waals surface area contributed by atoms with E-state index in [0.717, 1.165) is 56.3 Å². The number of piperidine rings is 2. The van der Waals surface area contributed by atoms with Gasteiger partial charge in [0.15, 0.2) is 0 Å². The minimum Gasteiger partial charge on any atom is -0.392 e. The van der Waals surface area contributed by atoms with Gasteiger partial charge in [-0.3, -0.25) is 0 Å². The first-order valence-corrected chi connectivity index (χ1v) is 8.98. The fourth-order valence-electron chi connectivity index (χ4n) is 3.82. The Labute approximate surface area is 131 Å². The molecule has 5 heteroatoms. The Balaban J connectivity index is 1.81. The second kappa shape index (κ2) is 6.15. The number of aromatic nitrogens is 1. The van der Waals surface area contributed by atoms with Crippen molar-refractivity contribution in [2.45, 2.75) is 30.4 Å². The Hall–Kier alpha value is -0.780. The maximum atomic E-state index is 10.6. The van der Waals surface area contributed by atoms with E-state index in [9.17, 15) is 5.11 Å². The zero-order chi connectivity index (χ0) is 14.9. The summed E-state index contributed by atoms with van der Waals surface area (Å²) in [5, 5.41) is 11.7. The number of rotatable bonds is 2. The summed E-state index contributed by atoms with van der Waals surface area (Å²) in [5.74, 6) is 1.06. The van der Waals surface area contributed by atoms with Crippen LogP contribution in [0.15, 0.2) is 23.2 Å². The van der Waals surface area contributed by atoms with Crippen molar-refractivity contribution in [2.75, 3.05) is 44.4 Å². The van der Waals surface area contributed by atoms with Gasteiger partial charge in [0, 0.05) is 31.6 Å². The summed E-state index contributed by atoms with van der Waals surface area (Å²) in [6.45, 7) is 3.96. The zero-order valence-corrected chi connectivity index (χ0v) is 13.8. The first-order chi connectivity index (χ1) is 10.1. The number of hydrogen-bond acceptors (Lipinski definition) is 5. The summed E-state index contributed by atoms with van der Waals surface area (Å²) in [4.78, 5) is 9.46. The SMILES string of the molecule is CSc1cccc(N2CCC[C@]3(CN(C)CC[C@@H]3O)C2)n1. The Kier molecular flexibility index (Phi) is 4.43. The van der Waals surface area contributed by atoms with E-state index in [-0.39, 0.29) is 11.5 Å². The van der Waals surface area contributed by atoms with Crippen LogP contribution in [0.25, 0.3) is 0 Å².